The van der Waals surface area contributed by atoms with E-state index in [1.165, 1.54) is 32.4 Å². The molecule has 90 valence electrons. The molecule has 1 aromatic heterocycles. The summed E-state index contributed by atoms with van der Waals surface area (Å²) in [5.41, 5.74) is 1.14. The minimum Gasteiger partial charge on any atom is -0.335 e. The smallest absolute Gasteiger partial charge is 0.151 e. The van der Waals surface area contributed by atoms with Gasteiger partial charge in [0.1, 0.15) is 0 Å². The normalized spacial score (nSPS) is 21.8. The molecule has 1 unspecified atom stereocenters. The van der Waals surface area contributed by atoms with Crippen molar-refractivity contribution in [3.8, 4) is 0 Å². The number of aryl methyl sites for hydroxylation is 1. The summed E-state index contributed by atoms with van der Waals surface area (Å²) < 4.78 is 2.02. The first-order chi connectivity index (χ1) is 7.70. The van der Waals surface area contributed by atoms with Crippen LogP contribution in [0.5, 0.6) is 0 Å². The zero-order chi connectivity index (χ0) is 11.5. The van der Waals surface area contributed by atoms with Crippen LogP contribution in [0.2, 0.25) is 5.15 Å². The summed E-state index contributed by atoms with van der Waals surface area (Å²) in [6, 6.07) is 0. The molecule has 0 aliphatic carbocycles. The molecular weight excluding hydrogens is 222 g/mol. The highest BCUT2D eigenvalue weighted by atomic mass is 35.5. The van der Waals surface area contributed by atoms with Gasteiger partial charge in [-0.1, -0.05) is 24.9 Å². The van der Waals surface area contributed by atoms with E-state index in [-0.39, 0.29) is 0 Å². The van der Waals surface area contributed by atoms with Gasteiger partial charge in [0.15, 0.2) is 5.15 Å². The zero-order valence-electron chi connectivity index (χ0n) is 10.1. The second-order valence-electron chi connectivity index (χ2n) is 4.77. The highest BCUT2D eigenvalue weighted by Gasteiger charge is 2.23. The van der Waals surface area contributed by atoms with Crippen molar-refractivity contribution in [2.75, 3.05) is 13.1 Å². The van der Waals surface area contributed by atoms with Crippen LogP contribution in [0, 0.1) is 5.92 Å². The first kappa shape index (κ1) is 11.9. The monoisotopic (exact) mass is 241 g/mol. The fourth-order valence-corrected chi connectivity index (χ4v) is 2.75. The molecule has 1 fully saturated rings. The number of hydrogen-bond donors (Lipinski definition) is 0. The lowest BCUT2D eigenvalue weighted by atomic mass is 10.0. The molecule has 0 saturated carbocycles. The Kier molecular flexibility index (Phi) is 3.87. The van der Waals surface area contributed by atoms with E-state index in [1.807, 2.05) is 11.6 Å². The fraction of sp³-hybridized carbons (Fsp3) is 0.750. The molecule has 3 nitrogen and oxygen atoms in total. The van der Waals surface area contributed by atoms with Gasteiger partial charge in [-0.05, 0) is 25.3 Å². The van der Waals surface area contributed by atoms with E-state index in [1.54, 1.807) is 6.33 Å². The van der Waals surface area contributed by atoms with Crippen LogP contribution in [0.4, 0.5) is 0 Å². The van der Waals surface area contributed by atoms with E-state index in [9.17, 15) is 0 Å². The van der Waals surface area contributed by atoms with Crippen molar-refractivity contribution >= 4 is 11.6 Å². The Balaban J connectivity index is 1.92. The zero-order valence-corrected chi connectivity index (χ0v) is 10.9. The Bertz CT molecular complexity index is 329. The molecule has 0 spiro atoms. The average Bonchev–Trinajstić information content (AvgIpc) is 2.81. The molecule has 1 atom stereocenters. The second-order valence-corrected chi connectivity index (χ2v) is 5.13. The fourth-order valence-electron chi connectivity index (χ4n) is 2.52. The number of halogens is 1. The SMILES string of the molecule is CCCC1CCN(Cc2c(Cl)ncn2C)C1. The minimum atomic E-state index is 0.654. The molecule has 1 aromatic rings. The summed E-state index contributed by atoms with van der Waals surface area (Å²) in [6.45, 7) is 5.62. The van der Waals surface area contributed by atoms with E-state index in [2.05, 4.69) is 16.8 Å². The van der Waals surface area contributed by atoms with E-state index < -0.39 is 0 Å². The molecule has 4 heteroatoms. The standard InChI is InChI=1S/C12H20ClN3/c1-3-4-10-5-6-16(7-10)8-11-12(13)14-9-15(11)2/h9-10H,3-8H2,1-2H3. The molecule has 0 aromatic carbocycles. The van der Waals surface area contributed by atoms with E-state index in [0.717, 1.165) is 18.2 Å². The average molecular weight is 242 g/mol. The molecule has 1 saturated heterocycles. The van der Waals surface area contributed by atoms with Gasteiger partial charge in [0, 0.05) is 20.1 Å². The van der Waals surface area contributed by atoms with Crippen LogP contribution in [0.15, 0.2) is 6.33 Å². The first-order valence-electron chi connectivity index (χ1n) is 6.08. The predicted octanol–water partition coefficient (Wildman–Crippen LogP) is 2.70. The van der Waals surface area contributed by atoms with E-state index in [0.29, 0.717) is 5.15 Å². The van der Waals surface area contributed by atoms with E-state index >= 15 is 0 Å². The third kappa shape index (κ3) is 2.58. The molecule has 0 bridgehead atoms. The topological polar surface area (TPSA) is 21.1 Å². The molecule has 0 amide bonds. The van der Waals surface area contributed by atoms with Gasteiger partial charge in [0.05, 0.1) is 12.0 Å². The summed E-state index contributed by atoms with van der Waals surface area (Å²) in [5, 5.41) is 0.654. The third-order valence-electron chi connectivity index (χ3n) is 3.45. The second kappa shape index (κ2) is 5.19. The maximum Gasteiger partial charge on any atom is 0.151 e. The van der Waals surface area contributed by atoms with Crippen LogP contribution in [-0.2, 0) is 13.6 Å². The Labute approximate surface area is 102 Å². The molecule has 1 aliphatic heterocycles. The largest absolute Gasteiger partial charge is 0.335 e. The Morgan fingerprint density at radius 3 is 3.00 bits per heavy atom. The molecule has 0 radical (unpaired) electrons. The van der Waals surface area contributed by atoms with Gasteiger partial charge >= 0.3 is 0 Å². The molecule has 16 heavy (non-hydrogen) atoms. The first-order valence-corrected chi connectivity index (χ1v) is 6.46. The van der Waals surface area contributed by atoms with Gasteiger partial charge in [-0.3, -0.25) is 4.90 Å². The lowest BCUT2D eigenvalue weighted by molar-refractivity contribution is 0.306. The van der Waals surface area contributed by atoms with Crippen LogP contribution in [0.25, 0.3) is 0 Å². The summed E-state index contributed by atoms with van der Waals surface area (Å²) in [4.78, 5) is 6.60. The number of rotatable bonds is 4. The van der Waals surface area contributed by atoms with Crippen molar-refractivity contribution < 1.29 is 0 Å². The quantitative estimate of drug-likeness (QED) is 0.808. The van der Waals surface area contributed by atoms with Gasteiger partial charge in [-0.2, -0.15) is 0 Å². The van der Waals surface area contributed by atoms with Gasteiger partial charge in [0.25, 0.3) is 0 Å². The van der Waals surface area contributed by atoms with Crippen molar-refractivity contribution in [1.82, 2.24) is 14.5 Å². The maximum absolute atomic E-state index is 6.06. The predicted molar refractivity (Wildman–Crippen MR) is 66.5 cm³/mol. The molecule has 2 heterocycles. The Morgan fingerprint density at radius 1 is 1.56 bits per heavy atom. The summed E-state index contributed by atoms with van der Waals surface area (Å²) in [6.07, 6.45) is 5.78. The highest BCUT2D eigenvalue weighted by molar-refractivity contribution is 6.30. The summed E-state index contributed by atoms with van der Waals surface area (Å²) in [7, 11) is 2.01. The molecule has 1 aliphatic rings. The van der Waals surface area contributed by atoms with Crippen molar-refractivity contribution in [3.05, 3.63) is 17.2 Å². The van der Waals surface area contributed by atoms with Gasteiger partial charge in [-0.15, -0.1) is 0 Å². The van der Waals surface area contributed by atoms with Gasteiger partial charge < -0.3 is 4.57 Å². The van der Waals surface area contributed by atoms with E-state index in [4.69, 9.17) is 11.6 Å². The van der Waals surface area contributed by atoms with Crippen LogP contribution >= 0.6 is 11.6 Å². The lowest BCUT2D eigenvalue weighted by Gasteiger charge is -2.16. The molecular formula is C12H20ClN3. The molecule has 0 N–H and O–H groups in total. The lowest BCUT2D eigenvalue weighted by Crippen LogP contribution is -2.21. The van der Waals surface area contributed by atoms with Crippen LogP contribution < -0.4 is 0 Å². The van der Waals surface area contributed by atoms with Crippen molar-refractivity contribution in [2.24, 2.45) is 13.0 Å². The van der Waals surface area contributed by atoms with Crippen LogP contribution in [0.3, 0.4) is 0 Å². The van der Waals surface area contributed by atoms with Crippen molar-refractivity contribution in [2.45, 2.75) is 32.7 Å². The van der Waals surface area contributed by atoms with Crippen LogP contribution in [-0.4, -0.2) is 27.5 Å². The molecule has 2 rings (SSSR count). The van der Waals surface area contributed by atoms with Crippen molar-refractivity contribution in [1.29, 1.82) is 0 Å². The maximum atomic E-state index is 6.06. The van der Waals surface area contributed by atoms with Gasteiger partial charge in [-0.25, -0.2) is 4.98 Å². The number of nitrogens with zero attached hydrogens (tertiary/aromatic N) is 3. The van der Waals surface area contributed by atoms with Crippen molar-refractivity contribution in [3.63, 3.8) is 0 Å². The number of imidazole rings is 1. The number of aromatic nitrogens is 2. The minimum absolute atomic E-state index is 0.654. The number of likely N-dealkylation sites (tertiary alicyclic amines) is 1. The van der Waals surface area contributed by atoms with Crippen LogP contribution in [0.1, 0.15) is 31.9 Å². The Morgan fingerprint density at radius 2 is 2.38 bits per heavy atom. The summed E-state index contributed by atoms with van der Waals surface area (Å²) in [5.74, 6) is 0.886. The highest BCUT2D eigenvalue weighted by Crippen LogP contribution is 2.24. The Hall–Kier alpha value is -0.540. The summed E-state index contributed by atoms with van der Waals surface area (Å²) >= 11 is 6.06. The van der Waals surface area contributed by atoms with Gasteiger partial charge in [0.2, 0.25) is 0 Å². The number of hydrogen-bond acceptors (Lipinski definition) is 2. The third-order valence-corrected chi connectivity index (χ3v) is 3.76.